The van der Waals surface area contributed by atoms with Gasteiger partial charge in [0, 0.05) is 23.9 Å². The zero-order chi connectivity index (χ0) is 21.8. The van der Waals surface area contributed by atoms with Crippen LogP contribution in [0.1, 0.15) is 29.8 Å². The maximum Gasteiger partial charge on any atom is 0.309 e. The number of hydrogen-bond acceptors (Lipinski definition) is 5. The highest BCUT2D eigenvalue weighted by atomic mass is 32.1. The van der Waals surface area contributed by atoms with Crippen LogP contribution in [0, 0.1) is 6.92 Å². The Labute approximate surface area is 184 Å². The Morgan fingerprint density at radius 1 is 1.10 bits per heavy atom. The minimum atomic E-state index is -0.645. The minimum Gasteiger partial charge on any atom is -0.347 e. The number of amides is 2. The fourth-order valence-corrected chi connectivity index (χ4v) is 4.13. The van der Waals surface area contributed by atoms with Crippen LogP contribution in [0.15, 0.2) is 60.0 Å². The van der Waals surface area contributed by atoms with Crippen molar-refractivity contribution in [2.45, 2.75) is 26.3 Å². The molecule has 0 saturated heterocycles. The van der Waals surface area contributed by atoms with Gasteiger partial charge in [0.15, 0.2) is 5.82 Å². The molecule has 0 spiro atoms. The standard InChI is InChI=1S/C23H23N5O2S/c1-15-7-6-10-18(13-15)20-26-23-28(27-20)19(14-31-23)11-12-24-21(29)22(30)25-16(2)17-8-4-3-5-9-17/h3-10,13-14,16H,11-12H2,1-2H3,(H,24,29)(H,25,30). The van der Waals surface area contributed by atoms with Crippen LogP contribution in [-0.2, 0) is 16.0 Å². The van der Waals surface area contributed by atoms with Crippen molar-refractivity contribution in [1.82, 2.24) is 25.2 Å². The zero-order valence-electron chi connectivity index (χ0n) is 17.3. The second kappa shape index (κ2) is 9.09. The molecule has 0 aliphatic carbocycles. The Balaban J connectivity index is 1.34. The number of nitrogens with one attached hydrogen (secondary N) is 2. The van der Waals surface area contributed by atoms with Gasteiger partial charge in [-0.25, -0.2) is 4.52 Å². The van der Waals surface area contributed by atoms with E-state index in [-0.39, 0.29) is 6.04 Å². The molecule has 1 unspecified atom stereocenters. The molecule has 7 nitrogen and oxygen atoms in total. The van der Waals surface area contributed by atoms with Crippen molar-refractivity contribution in [3.63, 3.8) is 0 Å². The van der Waals surface area contributed by atoms with Gasteiger partial charge in [-0.3, -0.25) is 9.59 Å². The van der Waals surface area contributed by atoms with Crippen molar-refractivity contribution in [2.75, 3.05) is 6.54 Å². The molecule has 0 fully saturated rings. The molecule has 4 rings (SSSR count). The van der Waals surface area contributed by atoms with E-state index in [0.717, 1.165) is 27.3 Å². The topological polar surface area (TPSA) is 88.4 Å². The quantitative estimate of drug-likeness (QED) is 0.457. The van der Waals surface area contributed by atoms with Crippen LogP contribution >= 0.6 is 11.3 Å². The van der Waals surface area contributed by atoms with E-state index in [1.807, 2.05) is 73.8 Å². The second-order valence-corrected chi connectivity index (χ2v) is 8.17. The van der Waals surface area contributed by atoms with Crippen molar-refractivity contribution in [1.29, 1.82) is 0 Å². The third-order valence-electron chi connectivity index (χ3n) is 4.95. The lowest BCUT2D eigenvalue weighted by atomic mass is 10.1. The summed E-state index contributed by atoms with van der Waals surface area (Å²) in [7, 11) is 0. The number of fused-ring (bicyclic) bond motifs is 1. The first-order valence-corrected chi connectivity index (χ1v) is 10.9. The second-order valence-electron chi connectivity index (χ2n) is 7.34. The van der Waals surface area contributed by atoms with Crippen molar-refractivity contribution >= 4 is 28.1 Å². The highest BCUT2D eigenvalue weighted by Gasteiger charge is 2.17. The highest BCUT2D eigenvalue weighted by molar-refractivity contribution is 7.15. The number of nitrogens with zero attached hydrogens (tertiary/aromatic N) is 3. The maximum absolute atomic E-state index is 12.2. The number of thiazole rings is 1. The Morgan fingerprint density at radius 3 is 2.68 bits per heavy atom. The summed E-state index contributed by atoms with van der Waals surface area (Å²) in [4.78, 5) is 29.7. The molecule has 0 aliphatic rings. The maximum atomic E-state index is 12.2. The van der Waals surface area contributed by atoms with Gasteiger partial charge in [0.25, 0.3) is 0 Å². The van der Waals surface area contributed by atoms with Crippen LogP contribution in [0.25, 0.3) is 16.3 Å². The van der Waals surface area contributed by atoms with Gasteiger partial charge < -0.3 is 10.6 Å². The van der Waals surface area contributed by atoms with E-state index >= 15 is 0 Å². The fraction of sp³-hybridized carbons (Fsp3) is 0.217. The molecule has 1 atom stereocenters. The monoisotopic (exact) mass is 433 g/mol. The largest absolute Gasteiger partial charge is 0.347 e. The molecule has 8 heteroatoms. The molecular formula is C23H23N5O2S. The zero-order valence-corrected chi connectivity index (χ0v) is 18.1. The summed E-state index contributed by atoms with van der Waals surface area (Å²) in [5.41, 5.74) is 4.00. The normalized spacial score (nSPS) is 11.9. The third kappa shape index (κ3) is 4.80. The van der Waals surface area contributed by atoms with E-state index < -0.39 is 11.8 Å². The van der Waals surface area contributed by atoms with Crippen LogP contribution < -0.4 is 10.6 Å². The molecule has 0 radical (unpaired) electrons. The van der Waals surface area contributed by atoms with E-state index in [2.05, 4.69) is 20.7 Å². The van der Waals surface area contributed by atoms with E-state index in [1.54, 1.807) is 4.52 Å². The third-order valence-corrected chi connectivity index (χ3v) is 5.81. The molecule has 2 aromatic carbocycles. The number of rotatable bonds is 6. The van der Waals surface area contributed by atoms with Gasteiger partial charge in [-0.05, 0) is 25.5 Å². The van der Waals surface area contributed by atoms with Crippen LogP contribution in [0.3, 0.4) is 0 Å². The Kier molecular flexibility index (Phi) is 6.08. The SMILES string of the molecule is Cc1cccc(-c2nc3scc(CCNC(=O)C(=O)NC(C)c4ccccc4)n3n2)c1. The summed E-state index contributed by atoms with van der Waals surface area (Å²) in [6.07, 6.45) is 0.546. The van der Waals surface area contributed by atoms with Crippen molar-refractivity contribution in [2.24, 2.45) is 0 Å². The first-order chi connectivity index (χ1) is 15.0. The number of carbonyl (C=O) groups excluding carboxylic acids is 2. The molecule has 4 aromatic rings. The average Bonchev–Trinajstić information content (AvgIpc) is 3.36. The van der Waals surface area contributed by atoms with Gasteiger partial charge in [0.2, 0.25) is 4.96 Å². The van der Waals surface area contributed by atoms with E-state index in [0.29, 0.717) is 18.8 Å². The predicted octanol–water partition coefficient (Wildman–Crippen LogP) is 3.30. The molecule has 2 N–H and O–H groups in total. The molecular weight excluding hydrogens is 410 g/mol. The lowest BCUT2D eigenvalue weighted by Crippen LogP contribution is -2.41. The molecule has 0 saturated carbocycles. The van der Waals surface area contributed by atoms with Crippen LogP contribution in [0.5, 0.6) is 0 Å². The summed E-state index contributed by atoms with van der Waals surface area (Å²) in [6, 6.07) is 17.3. The van der Waals surface area contributed by atoms with Gasteiger partial charge in [0.1, 0.15) is 0 Å². The summed E-state index contributed by atoms with van der Waals surface area (Å²) < 4.78 is 1.80. The van der Waals surface area contributed by atoms with Gasteiger partial charge in [-0.2, -0.15) is 4.98 Å². The van der Waals surface area contributed by atoms with Crippen molar-refractivity contribution in [3.8, 4) is 11.4 Å². The first-order valence-electron chi connectivity index (χ1n) is 10.0. The van der Waals surface area contributed by atoms with Crippen LogP contribution in [0.2, 0.25) is 0 Å². The Bertz CT molecular complexity index is 1220. The molecule has 2 heterocycles. The highest BCUT2D eigenvalue weighted by Crippen LogP contribution is 2.21. The Morgan fingerprint density at radius 2 is 1.90 bits per heavy atom. The fourth-order valence-electron chi connectivity index (χ4n) is 3.27. The van der Waals surface area contributed by atoms with Gasteiger partial charge in [-0.15, -0.1) is 16.4 Å². The smallest absolute Gasteiger partial charge is 0.309 e. The summed E-state index contributed by atoms with van der Waals surface area (Å²) in [5.74, 6) is -0.613. The number of hydrogen-bond donors (Lipinski definition) is 2. The Hall–Kier alpha value is -3.52. The average molecular weight is 434 g/mol. The van der Waals surface area contributed by atoms with Crippen LogP contribution in [0.4, 0.5) is 0 Å². The number of aryl methyl sites for hydroxylation is 1. The predicted molar refractivity (Wildman–Crippen MR) is 121 cm³/mol. The van der Waals surface area contributed by atoms with Crippen molar-refractivity contribution in [3.05, 3.63) is 76.8 Å². The summed E-state index contributed by atoms with van der Waals surface area (Å²) >= 11 is 1.50. The molecule has 2 aromatic heterocycles. The molecule has 0 bridgehead atoms. The lowest BCUT2D eigenvalue weighted by Gasteiger charge is -2.13. The number of carbonyl (C=O) groups is 2. The lowest BCUT2D eigenvalue weighted by molar-refractivity contribution is -0.139. The van der Waals surface area contributed by atoms with Gasteiger partial charge >= 0.3 is 11.8 Å². The molecule has 31 heavy (non-hydrogen) atoms. The van der Waals surface area contributed by atoms with Crippen LogP contribution in [-0.4, -0.2) is 33.0 Å². The molecule has 2 amide bonds. The van der Waals surface area contributed by atoms with Gasteiger partial charge in [-0.1, -0.05) is 54.1 Å². The molecule has 0 aliphatic heterocycles. The first kappa shape index (κ1) is 20.7. The number of benzene rings is 2. The summed E-state index contributed by atoms with van der Waals surface area (Å²) in [6.45, 7) is 4.21. The van der Waals surface area contributed by atoms with E-state index in [9.17, 15) is 9.59 Å². The molecule has 158 valence electrons. The summed E-state index contributed by atoms with van der Waals surface area (Å²) in [5, 5.41) is 12.0. The minimum absolute atomic E-state index is 0.244. The van der Waals surface area contributed by atoms with E-state index in [4.69, 9.17) is 0 Å². The van der Waals surface area contributed by atoms with Crippen molar-refractivity contribution < 1.29 is 9.59 Å². The van der Waals surface area contributed by atoms with E-state index in [1.165, 1.54) is 11.3 Å². The number of aromatic nitrogens is 3. The van der Waals surface area contributed by atoms with Gasteiger partial charge in [0.05, 0.1) is 11.7 Å².